The molecule has 0 aromatic rings. The summed E-state index contributed by atoms with van der Waals surface area (Å²) in [6, 6.07) is 0. The van der Waals surface area contributed by atoms with Crippen LogP contribution >= 0.6 is 0 Å². The molecule has 0 aromatic heterocycles. The van der Waals surface area contributed by atoms with Crippen molar-refractivity contribution in [2.45, 2.75) is 11.2 Å². The van der Waals surface area contributed by atoms with Crippen molar-refractivity contribution in [2.75, 3.05) is 26.4 Å². The van der Waals surface area contributed by atoms with Gasteiger partial charge in [-0.15, -0.1) is 0 Å². The van der Waals surface area contributed by atoms with Gasteiger partial charge in [-0.2, -0.15) is 9.78 Å². The summed E-state index contributed by atoms with van der Waals surface area (Å²) in [6.07, 6.45) is 0. The molecule has 2 rings (SSSR count). The first-order valence-electron chi connectivity index (χ1n) is 4.24. The molecule has 2 heterocycles. The van der Waals surface area contributed by atoms with E-state index in [9.17, 15) is 8.42 Å². The highest BCUT2D eigenvalue weighted by Crippen LogP contribution is 2.19. The highest BCUT2D eigenvalue weighted by Gasteiger charge is 2.42. The van der Waals surface area contributed by atoms with Crippen molar-refractivity contribution < 1.29 is 37.4 Å². The van der Waals surface area contributed by atoms with Gasteiger partial charge in [-0.25, -0.2) is 18.2 Å². The van der Waals surface area contributed by atoms with Gasteiger partial charge in [0.2, 0.25) is 0 Å². The summed E-state index contributed by atoms with van der Waals surface area (Å²) in [6.45, 7) is 0.596. The van der Waals surface area contributed by atoms with Crippen LogP contribution in [-0.4, -0.2) is 46.1 Å². The minimum absolute atomic E-state index is 0.122. The van der Waals surface area contributed by atoms with Crippen LogP contribution in [0.1, 0.15) is 0 Å². The maximum atomic E-state index is 11.7. The van der Waals surface area contributed by atoms with Crippen LogP contribution in [0.2, 0.25) is 0 Å². The Hall–Kier alpha value is -0.290. The summed E-state index contributed by atoms with van der Waals surface area (Å²) in [5.41, 5.74) is -3.09. The van der Waals surface area contributed by atoms with E-state index < -0.39 is 21.1 Å². The van der Waals surface area contributed by atoms with Crippen molar-refractivity contribution >= 4 is 9.84 Å². The first-order valence-corrected chi connectivity index (χ1v) is 5.85. The first-order chi connectivity index (χ1) is 7.21. The number of hydrogen-bond acceptors (Lipinski definition) is 8. The lowest BCUT2D eigenvalue weighted by Gasteiger charge is -2.27. The third-order valence-corrected chi connectivity index (χ3v) is 3.17. The molecule has 15 heavy (non-hydrogen) atoms. The summed E-state index contributed by atoms with van der Waals surface area (Å²) in [5.74, 6) is 0. The zero-order chi connectivity index (χ0) is 10.7. The Morgan fingerprint density at radius 1 is 0.800 bits per heavy atom. The van der Waals surface area contributed by atoms with Crippen molar-refractivity contribution in [3.8, 4) is 0 Å². The molecule has 0 spiro atoms. The molecule has 2 aliphatic heterocycles. The molecule has 8 nitrogen and oxygen atoms in total. The van der Waals surface area contributed by atoms with Gasteiger partial charge >= 0.3 is 0 Å². The van der Waals surface area contributed by atoms with Gasteiger partial charge in [0.1, 0.15) is 13.2 Å². The van der Waals surface area contributed by atoms with Crippen LogP contribution in [0.4, 0.5) is 0 Å². The van der Waals surface area contributed by atoms with Crippen LogP contribution in [-0.2, 0) is 38.9 Å². The number of sulfone groups is 1. The molecule has 0 bridgehead atoms. The molecule has 0 aliphatic carbocycles. The summed E-state index contributed by atoms with van der Waals surface area (Å²) in [7, 11) is -3.92. The minimum atomic E-state index is -3.92. The van der Waals surface area contributed by atoms with E-state index in [0.717, 1.165) is 0 Å². The van der Waals surface area contributed by atoms with E-state index in [4.69, 9.17) is 9.47 Å². The smallest absolute Gasteiger partial charge is 0.299 e. The van der Waals surface area contributed by atoms with E-state index in [2.05, 4.69) is 19.6 Å². The Labute approximate surface area is 85.7 Å². The molecule has 2 aliphatic rings. The van der Waals surface area contributed by atoms with Gasteiger partial charge in [0, 0.05) is 0 Å². The molecule has 0 aromatic carbocycles. The Morgan fingerprint density at radius 2 is 1.27 bits per heavy atom. The normalized spacial score (nSPS) is 33.9. The molecule has 2 fully saturated rings. The Balaban J connectivity index is 2.03. The van der Waals surface area contributed by atoms with Crippen LogP contribution < -0.4 is 0 Å². The van der Waals surface area contributed by atoms with Gasteiger partial charge in [-0.05, 0) is 0 Å². The predicted octanol–water partition coefficient (Wildman–Crippen LogP) is -1.07. The van der Waals surface area contributed by atoms with Crippen molar-refractivity contribution in [3.63, 3.8) is 0 Å². The number of rotatable bonds is 2. The van der Waals surface area contributed by atoms with Crippen molar-refractivity contribution in [1.82, 2.24) is 0 Å². The van der Waals surface area contributed by atoms with Crippen LogP contribution in [0.25, 0.3) is 0 Å². The molecule has 9 heteroatoms. The molecule has 0 N–H and O–H groups in total. The lowest BCUT2D eigenvalue weighted by Crippen LogP contribution is -2.43. The van der Waals surface area contributed by atoms with Gasteiger partial charge < -0.3 is 9.47 Å². The summed E-state index contributed by atoms with van der Waals surface area (Å²) < 4.78 is 33.1. The zero-order valence-electron chi connectivity index (χ0n) is 7.66. The van der Waals surface area contributed by atoms with Crippen molar-refractivity contribution in [1.29, 1.82) is 0 Å². The van der Waals surface area contributed by atoms with Gasteiger partial charge in [-0.1, -0.05) is 0 Å². The van der Waals surface area contributed by atoms with Crippen LogP contribution in [0.5, 0.6) is 0 Å². The van der Waals surface area contributed by atoms with E-state index in [1.165, 1.54) is 0 Å². The van der Waals surface area contributed by atoms with E-state index in [-0.39, 0.29) is 26.4 Å². The molecule has 2 unspecified atom stereocenters. The minimum Gasteiger partial charge on any atom is -0.335 e. The molecule has 0 radical (unpaired) electrons. The average molecular weight is 242 g/mol. The monoisotopic (exact) mass is 242 g/mol. The average Bonchev–Trinajstić information content (AvgIpc) is 2.31. The summed E-state index contributed by atoms with van der Waals surface area (Å²) in [5, 5.41) is 0. The van der Waals surface area contributed by atoms with E-state index >= 15 is 0 Å². The van der Waals surface area contributed by atoms with Gasteiger partial charge in [0.05, 0.1) is 13.2 Å². The lowest BCUT2D eigenvalue weighted by molar-refractivity contribution is -0.404. The van der Waals surface area contributed by atoms with Crippen LogP contribution in [0.3, 0.4) is 0 Å². The molecule has 88 valence electrons. The van der Waals surface area contributed by atoms with Gasteiger partial charge in [0.15, 0.2) is 0 Å². The number of ether oxygens (including phenoxy) is 2. The van der Waals surface area contributed by atoms with E-state index in [1.807, 2.05) is 0 Å². The topological polar surface area (TPSA) is 89.5 Å². The van der Waals surface area contributed by atoms with E-state index in [0.29, 0.717) is 0 Å². The second kappa shape index (κ2) is 4.70. The SMILES string of the molecule is O=S(=O)(C1OCCOO1)C1OCCOO1. The molecule has 2 atom stereocenters. The Morgan fingerprint density at radius 3 is 1.60 bits per heavy atom. The Kier molecular flexibility index (Phi) is 3.51. The van der Waals surface area contributed by atoms with Gasteiger partial charge in [-0.3, -0.25) is 0 Å². The highest BCUT2D eigenvalue weighted by molar-refractivity contribution is 7.92. The fourth-order valence-electron chi connectivity index (χ4n) is 1.01. The first kappa shape index (κ1) is 11.2. The fraction of sp³-hybridized carbons (Fsp3) is 1.00. The second-order valence-electron chi connectivity index (χ2n) is 2.74. The van der Waals surface area contributed by atoms with Crippen LogP contribution in [0, 0.1) is 0 Å². The highest BCUT2D eigenvalue weighted by atomic mass is 32.2. The molecular formula is C6H10O8S. The van der Waals surface area contributed by atoms with Crippen molar-refractivity contribution in [2.24, 2.45) is 0 Å². The molecule has 0 amide bonds. The maximum Gasteiger partial charge on any atom is 0.299 e. The third-order valence-electron chi connectivity index (χ3n) is 1.67. The third kappa shape index (κ3) is 2.45. The maximum absolute atomic E-state index is 11.7. The molecular weight excluding hydrogens is 232 g/mol. The molecule has 0 saturated carbocycles. The van der Waals surface area contributed by atoms with Crippen LogP contribution in [0.15, 0.2) is 0 Å². The molecule has 2 saturated heterocycles. The van der Waals surface area contributed by atoms with Gasteiger partial charge in [0.25, 0.3) is 21.1 Å². The summed E-state index contributed by atoms with van der Waals surface area (Å²) >= 11 is 0. The lowest BCUT2D eigenvalue weighted by atomic mass is 10.8. The zero-order valence-corrected chi connectivity index (χ0v) is 8.47. The summed E-state index contributed by atoms with van der Waals surface area (Å²) in [4.78, 5) is 17.9. The Bertz CT molecular complexity index is 264. The van der Waals surface area contributed by atoms with E-state index in [1.54, 1.807) is 0 Å². The largest absolute Gasteiger partial charge is 0.335 e. The second-order valence-corrected chi connectivity index (χ2v) is 4.69. The number of hydrogen-bond donors (Lipinski definition) is 0. The predicted molar refractivity (Wildman–Crippen MR) is 42.5 cm³/mol. The van der Waals surface area contributed by atoms with Crippen molar-refractivity contribution in [3.05, 3.63) is 0 Å². The standard InChI is InChI=1S/C6H10O8S/c7-15(8,5-9-1-3-11-13-5)6-10-2-4-12-14-6/h5-6H,1-4H2. The fourth-order valence-corrected chi connectivity index (χ4v) is 2.09. The quantitative estimate of drug-likeness (QED) is 0.565.